The van der Waals surface area contributed by atoms with E-state index in [2.05, 4.69) is 47.8 Å². The van der Waals surface area contributed by atoms with E-state index in [1.165, 1.54) is 32.6 Å². The maximum absolute atomic E-state index is 12.6. The fourth-order valence-electron chi connectivity index (χ4n) is 6.17. The standard InChI is InChI=1S/C30H32N6O2S/c1-30(2)15-21(17-34(30)4)35-10-5-6-20-12-19(16-31)13-24(27(20)35)23-7-9-32-25-14-22(39-28(23)25)18-36-26(37)8-11-33(3)29(36)38/h7-9,11-14,21H,5-6,10,15,17-18H2,1-4H3. The summed E-state index contributed by atoms with van der Waals surface area (Å²) < 4.78 is 3.66. The summed E-state index contributed by atoms with van der Waals surface area (Å²) in [4.78, 5) is 35.6. The Hall–Kier alpha value is -3.74. The molecule has 2 aliphatic rings. The number of likely N-dealkylation sites (tertiary alicyclic amines) is 1. The largest absolute Gasteiger partial charge is 0.366 e. The van der Waals surface area contributed by atoms with Crippen LogP contribution in [0.1, 0.15) is 42.7 Å². The zero-order valence-electron chi connectivity index (χ0n) is 22.8. The normalized spacial score (nSPS) is 18.8. The molecule has 1 unspecified atom stereocenters. The van der Waals surface area contributed by atoms with Crippen molar-refractivity contribution in [2.45, 2.75) is 51.2 Å². The highest BCUT2D eigenvalue weighted by atomic mass is 32.1. The Morgan fingerprint density at radius 2 is 1.97 bits per heavy atom. The minimum absolute atomic E-state index is 0.133. The molecule has 5 heterocycles. The molecule has 0 bridgehead atoms. The maximum atomic E-state index is 12.6. The molecule has 0 radical (unpaired) electrons. The summed E-state index contributed by atoms with van der Waals surface area (Å²) in [6.45, 7) is 6.80. The summed E-state index contributed by atoms with van der Waals surface area (Å²) in [5.74, 6) is 0. The van der Waals surface area contributed by atoms with Gasteiger partial charge in [0.15, 0.2) is 0 Å². The molecule has 8 nitrogen and oxygen atoms in total. The van der Waals surface area contributed by atoms with Crippen LogP contribution in [-0.2, 0) is 20.0 Å². The number of hydrogen-bond donors (Lipinski definition) is 0. The Morgan fingerprint density at radius 1 is 1.15 bits per heavy atom. The number of rotatable bonds is 4. The van der Waals surface area contributed by atoms with E-state index in [4.69, 9.17) is 0 Å². The van der Waals surface area contributed by atoms with Crippen LogP contribution < -0.4 is 16.1 Å². The molecule has 1 saturated heterocycles. The number of pyridine rings is 1. The highest BCUT2D eigenvalue weighted by Gasteiger charge is 2.40. The summed E-state index contributed by atoms with van der Waals surface area (Å²) in [7, 11) is 3.85. The lowest BCUT2D eigenvalue weighted by Gasteiger charge is -2.38. The molecule has 0 aliphatic carbocycles. The van der Waals surface area contributed by atoms with Crippen molar-refractivity contribution in [3.05, 3.63) is 79.6 Å². The molecule has 9 heteroatoms. The molecule has 4 aromatic rings. The lowest BCUT2D eigenvalue weighted by Crippen LogP contribution is -2.41. The molecule has 0 spiro atoms. The number of fused-ring (bicyclic) bond motifs is 2. The van der Waals surface area contributed by atoms with Gasteiger partial charge in [0.05, 0.1) is 28.4 Å². The van der Waals surface area contributed by atoms with Crippen LogP contribution in [-0.4, -0.2) is 50.7 Å². The Bertz CT molecular complexity index is 1760. The number of hydrogen-bond acceptors (Lipinski definition) is 7. The van der Waals surface area contributed by atoms with Crippen LogP contribution in [0.3, 0.4) is 0 Å². The molecular weight excluding hydrogens is 508 g/mol. The van der Waals surface area contributed by atoms with Gasteiger partial charge in [-0.3, -0.25) is 19.2 Å². The van der Waals surface area contributed by atoms with Gasteiger partial charge in [0.1, 0.15) is 0 Å². The third-order valence-corrected chi connectivity index (χ3v) is 9.59. The average molecular weight is 541 g/mol. The van der Waals surface area contributed by atoms with E-state index in [1.54, 1.807) is 18.4 Å². The Kier molecular flexibility index (Phi) is 6.20. The first-order valence-electron chi connectivity index (χ1n) is 13.4. The van der Waals surface area contributed by atoms with E-state index in [1.807, 2.05) is 24.4 Å². The average Bonchev–Trinajstić information content (AvgIpc) is 3.46. The molecule has 200 valence electrons. The van der Waals surface area contributed by atoms with Gasteiger partial charge < -0.3 is 9.47 Å². The number of likely N-dealkylation sites (N-methyl/N-ethyl adjacent to an activating group) is 1. The third kappa shape index (κ3) is 4.38. The van der Waals surface area contributed by atoms with Crippen LogP contribution in [0.25, 0.3) is 21.3 Å². The summed E-state index contributed by atoms with van der Waals surface area (Å²) >= 11 is 1.55. The van der Waals surface area contributed by atoms with E-state index >= 15 is 0 Å². The van der Waals surface area contributed by atoms with Gasteiger partial charge in [-0.1, -0.05) is 0 Å². The predicted molar refractivity (Wildman–Crippen MR) is 156 cm³/mol. The number of aromatic nitrogens is 3. The van der Waals surface area contributed by atoms with E-state index < -0.39 is 0 Å². The second-order valence-corrected chi connectivity index (χ2v) is 12.5. The van der Waals surface area contributed by atoms with Crippen molar-refractivity contribution in [3.8, 4) is 17.2 Å². The number of thiophene rings is 1. The summed E-state index contributed by atoms with van der Waals surface area (Å²) in [6, 6.07) is 12.3. The van der Waals surface area contributed by atoms with Crippen LogP contribution >= 0.6 is 11.3 Å². The van der Waals surface area contributed by atoms with Gasteiger partial charge >= 0.3 is 5.69 Å². The lowest BCUT2D eigenvalue weighted by atomic mass is 9.90. The molecule has 0 saturated carbocycles. The molecule has 2 aliphatic heterocycles. The smallest absolute Gasteiger partial charge is 0.331 e. The van der Waals surface area contributed by atoms with E-state index in [-0.39, 0.29) is 23.3 Å². The van der Waals surface area contributed by atoms with Crippen molar-refractivity contribution in [1.29, 1.82) is 5.26 Å². The molecule has 1 fully saturated rings. The van der Waals surface area contributed by atoms with Crippen molar-refractivity contribution >= 4 is 27.2 Å². The number of nitriles is 1. The third-order valence-electron chi connectivity index (χ3n) is 8.45. The van der Waals surface area contributed by atoms with Gasteiger partial charge in [0.25, 0.3) is 5.56 Å². The molecular formula is C30H32N6O2S. The Labute approximate surface area is 231 Å². The van der Waals surface area contributed by atoms with Crippen LogP contribution in [0.15, 0.2) is 52.3 Å². The van der Waals surface area contributed by atoms with Crippen LogP contribution in [0, 0.1) is 11.3 Å². The number of aryl methyl sites for hydroxylation is 2. The zero-order chi connectivity index (χ0) is 27.5. The maximum Gasteiger partial charge on any atom is 0.331 e. The van der Waals surface area contributed by atoms with Crippen molar-refractivity contribution < 1.29 is 0 Å². The summed E-state index contributed by atoms with van der Waals surface area (Å²) in [5, 5.41) is 9.90. The van der Waals surface area contributed by atoms with Crippen molar-refractivity contribution in [2.75, 3.05) is 25.0 Å². The first-order valence-corrected chi connectivity index (χ1v) is 14.2. The molecule has 0 N–H and O–H groups in total. The van der Waals surface area contributed by atoms with Gasteiger partial charge in [-0.15, -0.1) is 11.3 Å². The second-order valence-electron chi connectivity index (χ2n) is 11.4. The number of benzene rings is 1. The highest BCUT2D eigenvalue weighted by molar-refractivity contribution is 7.19. The van der Waals surface area contributed by atoms with Crippen molar-refractivity contribution in [1.82, 2.24) is 19.0 Å². The molecule has 1 aromatic carbocycles. The van der Waals surface area contributed by atoms with E-state index in [0.29, 0.717) is 11.6 Å². The van der Waals surface area contributed by atoms with Crippen LogP contribution in [0.4, 0.5) is 5.69 Å². The molecule has 1 atom stereocenters. The first kappa shape index (κ1) is 25.5. The monoisotopic (exact) mass is 540 g/mol. The fourth-order valence-corrected chi connectivity index (χ4v) is 7.30. The highest BCUT2D eigenvalue weighted by Crippen LogP contribution is 2.45. The quantitative estimate of drug-likeness (QED) is 0.389. The molecule has 0 amide bonds. The van der Waals surface area contributed by atoms with Gasteiger partial charge in [0, 0.05) is 71.9 Å². The van der Waals surface area contributed by atoms with Gasteiger partial charge in [-0.05, 0) is 70.0 Å². The molecule has 39 heavy (non-hydrogen) atoms. The second kappa shape index (κ2) is 9.47. The first-order chi connectivity index (χ1) is 18.7. The van der Waals surface area contributed by atoms with Crippen LogP contribution in [0.2, 0.25) is 0 Å². The topological polar surface area (TPSA) is 87.2 Å². The number of anilines is 1. The van der Waals surface area contributed by atoms with E-state index in [9.17, 15) is 14.9 Å². The molecule has 3 aromatic heterocycles. The summed E-state index contributed by atoms with van der Waals surface area (Å²) in [6.07, 6.45) is 6.40. The van der Waals surface area contributed by atoms with Gasteiger partial charge in [0.2, 0.25) is 0 Å². The Balaban J connectivity index is 1.49. The minimum atomic E-state index is -0.343. The lowest BCUT2D eigenvalue weighted by molar-refractivity contribution is 0.218. The van der Waals surface area contributed by atoms with Crippen molar-refractivity contribution in [3.63, 3.8) is 0 Å². The van der Waals surface area contributed by atoms with Gasteiger partial charge in [-0.25, -0.2) is 4.79 Å². The minimum Gasteiger partial charge on any atom is -0.366 e. The SMILES string of the molecule is CN1CC(N2CCCc3cc(C#N)cc(-c4ccnc5cc(Cn6c(=O)ccn(C)c6=O)sc45)c32)CC1(C)C. The Morgan fingerprint density at radius 3 is 2.72 bits per heavy atom. The predicted octanol–water partition coefficient (Wildman–Crippen LogP) is 3.98. The molecule has 6 rings (SSSR count). The number of nitrogens with zero attached hydrogens (tertiary/aromatic N) is 6. The van der Waals surface area contributed by atoms with Gasteiger partial charge in [-0.2, -0.15) is 5.26 Å². The zero-order valence-corrected chi connectivity index (χ0v) is 23.6. The fraction of sp³-hybridized carbons (Fsp3) is 0.400. The summed E-state index contributed by atoms with van der Waals surface area (Å²) in [5.41, 5.74) is 5.51. The van der Waals surface area contributed by atoms with Crippen molar-refractivity contribution in [2.24, 2.45) is 7.05 Å². The van der Waals surface area contributed by atoms with Crippen LogP contribution in [0.5, 0.6) is 0 Å². The van der Waals surface area contributed by atoms with E-state index in [0.717, 1.165) is 58.6 Å².